The van der Waals surface area contributed by atoms with Gasteiger partial charge in [-0.2, -0.15) is 0 Å². The molecule has 1 aliphatic heterocycles. The molecule has 0 bridgehead atoms. The Labute approximate surface area is 233 Å². The number of carbonyl (C=O) groups excluding carboxylic acids is 2. The van der Waals surface area contributed by atoms with Gasteiger partial charge in [0.1, 0.15) is 5.76 Å². The van der Waals surface area contributed by atoms with Gasteiger partial charge in [0.2, 0.25) is 5.95 Å². The van der Waals surface area contributed by atoms with Crippen molar-refractivity contribution in [2.75, 3.05) is 19.1 Å². The number of ketones is 1. The monoisotopic (exact) mass is 539 g/mol. The van der Waals surface area contributed by atoms with Crippen LogP contribution in [0.3, 0.4) is 0 Å². The van der Waals surface area contributed by atoms with Gasteiger partial charge in [0.05, 0.1) is 36.9 Å². The van der Waals surface area contributed by atoms with E-state index in [0.29, 0.717) is 33.7 Å². The van der Waals surface area contributed by atoms with Crippen molar-refractivity contribution in [1.29, 1.82) is 0 Å². The number of imidazole rings is 1. The molecule has 0 spiro atoms. The molecule has 1 atom stereocenters. The topological polar surface area (TPSA) is 105 Å². The molecule has 1 saturated heterocycles. The summed E-state index contributed by atoms with van der Waals surface area (Å²) in [5.41, 5.74) is 4.92. The van der Waals surface area contributed by atoms with Crippen LogP contribution in [0.15, 0.2) is 60.2 Å². The summed E-state index contributed by atoms with van der Waals surface area (Å²) < 4.78 is 10.8. The fourth-order valence-electron chi connectivity index (χ4n) is 5.13. The molecule has 0 aliphatic carbocycles. The maximum absolute atomic E-state index is 13.7. The first-order valence-corrected chi connectivity index (χ1v) is 13.1. The number of H-pyrrole nitrogens is 1. The number of rotatable bonds is 5. The minimum atomic E-state index is -0.901. The van der Waals surface area contributed by atoms with Crippen molar-refractivity contribution < 1.29 is 24.2 Å². The van der Waals surface area contributed by atoms with E-state index in [4.69, 9.17) is 9.47 Å². The highest BCUT2D eigenvalue weighted by atomic mass is 16.5. The second-order valence-corrected chi connectivity index (χ2v) is 11.1. The SMILES string of the molecule is COc1cc2nc(N3C(=O)C(=O)/C(=C(/O)c4cc(C(C)(C)C)ccc4C)C3c3cccc(C)c3)[nH]c2cc1OC. The van der Waals surface area contributed by atoms with E-state index in [9.17, 15) is 14.7 Å². The molecule has 0 saturated carbocycles. The van der Waals surface area contributed by atoms with Crippen LogP contribution in [0.1, 0.15) is 54.6 Å². The third-order valence-electron chi connectivity index (χ3n) is 7.36. The summed E-state index contributed by atoms with van der Waals surface area (Å²) >= 11 is 0. The van der Waals surface area contributed by atoms with Crippen LogP contribution in [0.2, 0.25) is 0 Å². The van der Waals surface area contributed by atoms with Gasteiger partial charge in [0, 0.05) is 17.7 Å². The normalized spacial score (nSPS) is 17.1. The van der Waals surface area contributed by atoms with E-state index in [1.54, 1.807) is 12.1 Å². The molecule has 1 amide bonds. The average molecular weight is 540 g/mol. The molecule has 1 aromatic heterocycles. The Bertz CT molecular complexity index is 1650. The number of nitrogens with one attached hydrogen (secondary N) is 1. The summed E-state index contributed by atoms with van der Waals surface area (Å²) in [6, 6.07) is 15.9. The van der Waals surface area contributed by atoms with Crippen LogP contribution in [0.25, 0.3) is 16.8 Å². The number of Topliss-reactive ketones (excluding diaryl/α,β-unsaturated/α-hetero) is 1. The first-order chi connectivity index (χ1) is 18.9. The van der Waals surface area contributed by atoms with E-state index < -0.39 is 17.7 Å². The van der Waals surface area contributed by atoms with Crippen LogP contribution in [-0.2, 0) is 15.0 Å². The molecule has 1 unspecified atom stereocenters. The number of amides is 1. The lowest BCUT2D eigenvalue weighted by Crippen LogP contribution is -2.30. The maximum Gasteiger partial charge on any atom is 0.302 e. The van der Waals surface area contributed by atoms with E-state index in [2.05, 4.69) is 30.7 Å². The van der Waals surface area contributed by atoms with E-state index in [0.717, 1.165) is 16.7 Å². The largest absolute Gasteiger partial charge is 0.507 e. The van der Waals surface area contributed by atoms with Crippen molar-refractivity contribution in [2.45, 2.75) is 46.1 Å². The Hall–Kier alpha value is -4.59. The molecule has 0 radical (unpaired) electrons. The number of fused-ring (bicyclic) bond motifs is 1. The zero-order chi connectivity index (χ0) is 28.9. The average Bonchev–Trinajstić information content (AvgIpc) is 3.44. The number of hydrogen-bond donors (Lipinski definition) is 2. The quantitative estimate of drug-likeness (QED) is 0.180. The van der Waals surface area contributed by atoms with Crippen molar-refractivity contribution in [3.8, 4) is 11.5 Å². The highest BCUT2D eigenvalue weighted by molar-refractivity contribution is 6.51. The number of hydrogen-bond acceptors (Lipinski definition) is 6. The molecule has 1 fully saturated rings. The molecule has 5 rings (SSSR count). The van der Waals surface area contributed by atoms with Gasteiger partial charge in [0.15, 0.2) is 11.5 Å². The second kappa shape index (κ2) is 9.86. The first-order valence-electron chi connectivity index (χ1n) is 13.1. The zero-order valence-corrected chi connectivity index (χ0v) is 23.7. The lowest BCUT2D eigenvalue weighted by Gasteiger charge is -2.24. The lowest BCUT2D eigenvalue weighted by atomic mass is 9.84. The Balaban J connectivity index is 1.75. The van der Waals surface area contributed by atoms with Crippen LogP contribution in [0.4, 0.5) is 5.95 Å². The van der Waals surface area contributed by atoms with Gasteiger partial charge < -0.3 is 19.6 Å². The van der Waals surface area contributed by atoms with Gasteiger partial charge in [-0.1, -0.05) is 62.7 Å². The van der Waals surface area contributed by atoms with Crippen molar-refractivity contribution in [3.63, 3.8) is 0 Å². The lowest BCUT2D eigenvalue weighted by molar-refractivity contribution is -0.132. The van der Waals surface area contributed by atoms with Gasteiger partial charge in [-0.25, -0.2) is 4.98 Å². The third kappa shape index (κ3) is 4.49. The maximum atomic E-state index is 13.7. The fraction of sp³-hybridized carbons (Fsp3) is 0.281. The number of nitrogens with zero attached hydrogens (tertiary/aromatic N) is 2. The van der Waals surface area contributed by atoms with E-state index in [-0.39, 0.29) is 22.7 Å². The standard InChI is InChI=1S/C32H33N3O5/c1-17-9-8-10-19(13-17)27-26(28(36)21-14-20(32(3,4)5)12-11-18(21)2)29(37)30(38)35(27)31-33-22-15-24(39-6)25(40-7)16-23(22)34-31/h8-16,27,36H,1-7H3,(H,33,34)/b28-26+. The minimum absolute atomic E-state index is 0.0142. The van der Waals surface area contributed by atoms with Crippen molar-refractivity contribution >= 4 is 34.4 Å². The van der Waals surface area contributed by atoms with Gasteiger partial charge in [0.25, 0.3) is 5.78 Å². The number of aryl methyl sites for hydroxylation is 2. The van der Waals surface area contributed by atoms with E-state index >= 15 is 0 Å². The van der Waals surface area contributed by atoms with Crippen LogP contribution in [0.5, 0.6) is 11.5 Å². The number of ether oxygens (including phenoxy) is 2. The van der Waals surface area contributed by atoms with Crippen LogP contribution >= 0.6 is 0 Å². The van der Waals surface area contributed by atoms with Crippen molar-refractivity contribution in [2.24, 2.45) is 0 Å². The second-order valence-electron chi connectivity index (χ2n) is 11.1. The summed E-state index contributed by atoms with van der Waals surface area (Å²) in [5, 5.41) is 11.7. The number of anilines is 1. The number of methoxy groups -OCH3 is 2. The molecule has 4 aromatic rings. The summed E-state index contributed by atoms with van der Waals surface area (Å²) in [6.45, 7) is 10.1. The number of aliphatic hydroxyl groups excluding tert-OH is 1. The van der Waals surface area contributed by atoms with Crippen LogP contribution in [0, 0.1) is 13.8 Å². The predicted octanol–water partition coefficient (Wildman–Crippen LogP) is 6.12. The fourth-order valence-corrected chi connectivity index (χ4v) is 5.13. The van der Waals surface area contributed by atoms with Gasteiger partial charge in [-0.15, -0.1) is 0 Å². The molecular weight excluding hydrogens is 506 g/mol. The molecule has 8 nitrogen and oxygen atoms in total. The first kappa shape index (κ1) is 27.0. The van der Waals surface area contributed by atoms with Crippen LogP contribution < -0.4 is 14.4 Å². The Morgan fingerprint density at radius 2 is 1.68 bits per heavy atom. The molecule has 2 heterocycles. The molecule has 2 N–H and O–H groups in total. The molecule has 40 heavy (non-hydrogen) atoms. The number of carbonyl (C=O) groups is 2. The van der Waals surface area contributed by atoms with Gasteiger partial charge in [-0.05, 0) is 42.0 Å². The molecule has 8 heteroatoms. The molecule has 1 aliphatic rings. The Morgan fingerprint density at radius 3 is 2.33 bits per heavy atom. The van der Waals surface area contributed by atoms with E-state index in [1.807, 2.05) is 56.3 Å². The predicted molar refractivity (Wildman–Crippen MR) is 155 cm³/mol. The van der Waals surface area contributed by atoms with E-state index in [1.165, 1.54) is 19.1 Å². The van der Waals surface area contributed by atoms with Gasteiger partial charge in [-0.3, -0.25) is 14.5 Å². The summed E-state index contributed by atoms with van der Waals surface area (Å²) in [5.74, 6) is -0.611. The zero-order valence-electron chi connectivity index (χ0n) is 23.7. The highest BCUT2D eigenvalue weighted by Gasteiger charge is 2.48. The van der Waals surface area contributed by atoms with Crippen molar-refractivity contribution in [1.82, 2.24) is 9.97 Å². The molecular formula is C32H33N3O5. The minimum Gasteiger partial charge on any atom is -0.507 e. The number of aromatic nitrogens is 2. The third-order valence-corrected chi connectivity index (χ3v) is 7.36. The molecule has 206 valence electrons. The Kier molecular flexibility index (Phi) is 6.66. The van der Waals surface area contributed by atoms with Crippen molar-refractivity contribution in [3.05, 3.63) is 88.0 Å². The summed E-state index contributed by atoms with van der Waals surface area (Å²) in [4.78, 5) is 36.5. The highest BCUT2D eigenvalue weighted by Crippen LogP contribution is 2.43. The summed E-state index contributed by atoms with van der Waals surface area (Å²) in [7, 11) is 3.07. The van der Waals surface area contributed by atoms with Crippen LogP contribution in [-0.4, -0.2) is 41.0 Å². The number of aromatic amines is 1. The smallest absolute Gasteiger partial charge is 0.302 e. The number of aliphatic hydroxyl groups is 1. The number of benzene rings is 3. The van der Waals surface area contributed by atoms with Gasteiger partial charge >= 0.3 is 5.91 Å². The molecule has 3 aromatic carbocycles. The summed E-state index contributed by atoms with van der Waals surface area (Å²) in [6.07, 6.45) is 0. The Morgan fingerprint density at radius 1 is 0.975 bits per heavy atom.